The maximum atomic E-state index is 14.8. The molecule has 3 atom stereocenters. The highest BCUT2D eigenvalue weighted by Gasteiger charge is 2.49. The molecular weight excluding hydrogens is 377 g/mol. The van der Waals surface area contributed by atoms with Crippen molar-refractivity contribution in [2.24, 2.45) is 0 Å². The summed E-state index contributed by atoms with van der Waals surface area (Å²) in [6, 6.07) is -1.09. The van der Waals surface area contributed by atoms with Crippen molar-refractivity contribution in [2.75, 3.05) is 18.0 Å². The lowest BCUT2D eigenvalue weighted by Crippen LogP contribution is -2.68. The van der Waals surface area contributed by atoms with E-state index in [0.717, 1.165) is 11.3 Å². The number of nitrogens with zero attached hydrogens (tertiary/aromatic N) is 2. The Morgan fingerprint density at radius 1 is 0.964 bits per heavy atom. The molecule has 4 heterocycles. The molecule has 4 aliphatic heterocycles. The molecule has 28 heavy (non-hydrogen) atoms. The number of carbonyl (C=O) groups excluding carboxylic acids is 3. The number of nitrogens with one attached hydrogen (secondary N) is 2. The van der Waals surface area contributed by atoms with Gasteiger partial charge in [-0.25, -0.2) is 13.2 Å². The van der Waals surface area contributed by atoms with Gasteiger partial charge in [0.2, 0.25) is 11.8 Å². The second-order valence-corrected chi connectivity index (χ2v) is 7.65. The van der Waals surface area contributed by atoms with E-state index in [9.17, 15) is 27.6 Å². The van der Waals surface area contributed by atoms with Crippen LogP contribution >= 0.6 is 0 Å². The second-order valence-electron chi connectivity index (χ2n) is 7.65. The Hall–Kier alpha value is -2.62. The molecule has 2 bridgehead atoms. The van der Waals surface area contributed by atoms with E-state index in [-0.39, 0.29) is 42.7 Å². The largest absolute Gasteiger partial charge is 0.360 e. The minimum Gasteiger partial charge on any atom is -0.360 e. The Kier molecular flexibility index (Phi) is 3.71. The zero-order valence-corrected chi connectivity index (χ0v) is 14.7. The van der Waals surface area contributed by atoms with Crippen molar-refractivity contribution >= 4 is 23.4 Å². The van der Waals surface area contributed by atoms with Crippen LogP contribution in [0.25, 0.3) is 0 Å². The minimum absolute atomic E-state index is 0.0382. The fourth-order valence-corrected chi connectivity index (χ4v) is 4.80. The fraction of sp³-hybridized carbons (Fsp3) is 0.500. The molecule has 1 aromatic carbocycles. The van der Waals surface area contributed by atoms with Gasteiger partial charge in [-0.2, -0.15) is 0 Å². The average molecular weight is 394 g/mol. The van der Waals surface area contributed by atoms with Gasteiger partial charge < -0.3 is 15.1 Å². The lowest BCUT2D eigenvalue weighted by Gasteiger charge is -2.55. The SMILES string of the molecule is O=C1CCC(N2Cc3c(c(F)c(F)c(F)c3N3C4CNCC3C4)C2=O)C(=O)N1. The molecule has 7 nitrogen and oxygen atoms in total. The topological polar surface area (TPSA) is 81.8 Å². The number of piperidine rings is 2. The zero-order valence-electron chi connectivity index (χ0n) is 14.7. The Bertz CT molecular complexity index is 923. The molecule has 0 aliphatic carbocycles. The highest BCUT2D eigenvalue weighted by Crippen LogP contribution is 2.44. The number of halogens is 3. The highest BCUT2D eigenvalue weighted by atomic mass is 19.2. The van der Waals surface area contributed by atoms with Crippen molar-refractivity contribution in [1.82, 2.24) is 15.5 Å². The summed E-state index contributed by atoms with van der Waals surface area (Å²) in [6.45, 7) is 0.982. The van der Waals surface area contributed by atoms with Gasteiger partial charge in [-0.05, 0) is 12.8 Å². The summed E-state index contributed by atoms with van der Waals surface area (Å²) in [7, 11) is 0. The first-order valence-electron chi connectivity index (χ1n) is 9.21. The Morgan fingerprint density at radius 2 is 1.68 bits per heavy atom. The minimum atomic E-state index is -1.68. The van der Waals surface area contributed by atoms with Crippen molar-refractivity contribution in [2.45, 2.75) is 43.9 Å². The molecule has 0 spiro atoms. The number of carbonyl (C=O) groups is 3. The van der Waals surface area contributed by atoms with Gasteiger partial charge in [0.1, 0.15) is 6.04 Å². The van der Waals surface area contributed by atoms with E-state index in [1.54, 1.807) is 4.90 Å². The molecule has 3 amide bonds. The van der Waals surface area contributed by atoms with E-state index in [1.807, 2.05) is 0 Å². The van der Waals surface area contributed by atoms with Crippen LogP contribution in [0.1, 0.15) is 35.2 Å². The maximum absolute atomic E-state index is 14.8. The van der Waals surface area contributed by atoms with Crippen LogP contribution in [-0.2, 0) is 16.1 Å². The lowest BCUT2D eigenvalue weighted by atomic mass is 9.86. The predicted molar refractivity (Wildman–Crippen MR) is 89.9 cm³/mol. The maximum Gasteiger partial charge on any atom is 0.258 e. The third kappa shape index (κ3) is 2.24. The van der Waals surface area contributed by atoms with Gasteiger partial charge in [0.15, 0.2) is 17.5 Å². The van der Waals surface area contributed by atoms with E-state index >= 15 is 0 Å². The number of amides is 3. The predicted octanol–water partition coefficient (Wildman–Crippen LogP) is 0.415. The quantitative estimate of drug-likeness (QED) is 0.561. The number of piperazine rings is 1. The van der Waals surface area contributed by atoms with Gasteiger partial charge in [-0.15, -0.1) is 0 Å². The molecule has 10 heteroatoms. The van der Waals surface area contributed by atoms with Gasteiger partial charge in [0, 0.05) is 43.7 Å². The molecule has 3 fully saturated rings. The summed E-state index contributed by atoms with van der Waals surface area (Å²) in [4.78, 5) is 39.2. The third-order valence-corrected chi connectivity index (χ3v) is 6.14. The third-order valence-electron chi connectivity index (χ3n) is 6.14. The molecule has 148 valence electrons. The number of anilines is 1. The first-order valence-corrected chi connectivity index (χ1v) is 9.21. The monoisotopic (exact) mass is 394 g/mol. The van der Waals surface area contributed by atoms with Crippen LogP contribution in [-0.4, -0.2) is 53.8 Å². The first kappa shape index (κ1) is 17.5. The summed E-state index contributed by atoms with van der Waals surface area (Å²) >= 11 is 0. The van der Waals surface area contributed by atoms with Gasteiger partial charge in [-0.3, -0.25) is 19.7 Å². The van der Waals surface area contributed by atoms with Crippen LogP contribution < -0.4 is 15.5 Å². The smallest absolute Gasteiger partial charge is 0.258 e. The summed E-state index contributed by atoms with van der Waals surface area (Å²) in [5.41, 5.74) is -0.529. The highest BCUT2D eigenvalue weighted by molar-refractivity contribution is 6.06. The molecule has 0 saturated carbocycles. The molecular formula is C18H17F3N4O3. The summed E-state index contributed by atoms with van der Waals surface area (Å²) in [6.07, 6.45) is 0.937. The van der Waals surface area contributed by atoms with Crippen molar-refractivity contribution in [3.63, 3.8) is 0 Å². The van der Waals surface area contributed by atoms with Crippen molar-refractivity contribution in [1.29, 1.82) is 0 Å². The van der Waals surface area contributed by atoms with Crippen molar-refractivity contribution < 1.29 is 27.6 Å². The molecule has 0 radical (unpaired) electrons. The Labute approximate surface area is 157 Å². The molecule has 3 saturated heterocycles. The standard InChI is InChI=1S/C18H17F3N4O3/c19-13-12-9(6-24(18(12)28)10-1-2-11(26)23-17(10)27)16(15(21)14(13)20)25-7-3-8(25)5-22-4-7/h7-8,10,22H,1-6H2,(H,23,26,27). The molecule has 1 aromatic rings. The fourth-order valence-electron chi connectivity index (χ4n) is 4.80. The molecule has 2 N–H and O–H groups in total. The van der Waals surface area contributed by atoms with Crippen LogP contribution in [0, 0.1) is 17.5 Å². The summed E-state index contributed by atoms with van der Waals surface area (Å²) in [5, 5.41) is 5.33. The van der Waals surface area contributed by atoms with E-state index in [0.29, 0.717) is 13.1 Å². The van der Waals surface area contributed by atoms with E-state index in [2.05, 4.69) is 10.6 Å². The van der Waals surface area contributed by atoms with Gasteiger partial charge >= 0.3 is 0 Å². The van der Waals surface area contributed by atoms with Crippen LogP contribution in [0.4, 0.5) is 18.9 Å². The number of fused-ring (bicyclic) bond motifs is 3. The van der Waals surface area contributed by atoms with Crippen molar-refractivity contribution in [3.8, 4) is 0 Å². The number of rotatable bonds is 2. The first-order chi connectivity index (χ1) is 13.4. The van der Waals surface area contributed by atoms with Crippen LogP contribution in [0.2, 0.25) is 0 Å². The molecule has 4 aliphatic rings. The zero-order chi connectivity index (χ0) is 19.7. The lowest BCUT2D eigenvalue weighted by molar-refractivity contribution is -0.136. The van der Waals surface area contributed by atoms with E-state index in [1.165, 1.54) is 0 Å². The molecule has 0 aromatic heterocycles. The van der Waals surface area contributed by atoms with Gasteiger partial charge in [-0.1, -0.05) is 0 Å². The summed E-state index contributed by atoms with van der Waals surface area (Å²) in [5.74, 6) is -6.47. The van der Waals surface area contributed by atoms with Crippen molar-refractivity contribution in [3.05, 3.63) is 28.6 Å². The average Bonchev–Trinajstić information content (AvgIpc) is 3.00. The normalized spacial score (nSPS) is 29.0. The number of imide groups is 1. The number of hydrogen-bond acceptors (Lipinski definition) is 5. The van der Waals surface area contributed by atoms with Crippen LogP contribution in [0.5, 0.6) is 0 Å². The Balaban J connectivity index is 1.58. The van der Waals surface area contributed by atoms with E-state index in [4.69, 9.17) is 0 Å². The van der Waals surface area contributed by atoms with E-state index < -0.39 is 46.8 Å². The molecule has 3 unspecified atom stereocenters. The number of benzene rings is 1. The second kappa shape index (κ2) is 5.94. The van der Waals surface area contributed by atoms with Gasteiger partial charge in [0.25, 0.3) is 5.91 Å². The summed E-state index contributed by atoms with van der Waals surface area (Å²) < 4.78 is 43.6. The van der Waals surface area contributed by atoms with Crippen LogP contribution in [0.15, 0.2) is 0 Å². The van der Waals surface area contributed by atoms with Crippen LogP contribution in [0.3, 0.4) is 0 Å². The molecule has 5 rings (SSSR count). The number of hydrogen-bond donors (Lipinski definition) is 2. The van der Waals surface area contributed by atoms with Gasteiger partial charge in [0.05, 0.1) is 11.3 Å². The Morgan fingerprint density at radius 3 is 2.32 bits per heavy atom.